The van der Waals surface area contributed by atoms with E-state index in [1.54, 1.807) is 7.05 Å². The van der Waals surface area contributed by atoms with Crippen molar-refractivity contribution in [1.82, 2.24) is 21.3 Å². The SMILES string of the molecule is CN=C(NCCNC(C)(C)C)NC1CCCC(C(=O)NC(C)C)C1. The first-order chi connectivity index (χ1) is 11.2. The van der Waals surface area contributed by atoms with E-state index in [0.29, 0.717) is 6.04 Å². The van der Waals surface area contributed by atoms with E-state index in [-0.39, 0.29) is 23.4 Å². The third kappa shape index (κ3) is 8.52. The van der Waals surface area contributed by atoms with E-state index >= 15 is 0 Å². The molecule has 6 nitrogen and oxygen atoms in total. The van der Waals surface area contributed by atoms with Crippen molar-refractivity contribution >= 4 is 11.9 Å². The molecule has 1 rings (SSSR count). The quantitative estimate of drug-likeness (QED) is 0.337. The van der Waals surface area contributed by atoms with Gasteiger partial charge in [-0.3, -0.25) is 9.79 Å². The molecule has 4 N–H and O–H groups in total. The minimum atomic E-state index is 0.110. The predicted octanol–water partition coefficient (Wildman–Crippen LogP) is 1.62. The van der Waals surface area contributed by atoms with Crippen LogP contribution in [0.5, 0.6) is 0 Å². The minimum absolute atomic E-state index is 0.110. The van der Waals surface area contributed by atoms with Crippen LogP contribution in [0.3, 0.4) is 0 Å². The summed E-state index contributed by atoms with van der Waals surface area (Å²) in [4.78, 5) is 16.5. The summed E-state index contributed by atoms with van der Waals surface area (Å²) in [5.41, 5.74) is 0.124. The topological polar surface area (TPSA) is 77.6 Å². The lowest BCUT2D eigenvalue weighted by Crippen LogP contribution is -2.49. The molecule has 0 aromatic heterocycles. The highest BCUT2D eigenvalue weighted by molar-refractivity contribution is 5.81. The van der Waals surface area contributed by atoms with Crippen LogP contribution in [0.15, 0.2) is 4.99 Å². The second kappa shape index (κ2) is 9.87. The lowest BCUT2D eigenvalue weighted by molar-refractivity contribution is -0.126. The van der Waals surface area contributed by atoms with Gasteiger partial charge in [-0.05, 0) is 53.9 Å². The van der Waals surface area contributed by atoms with Gasteiger partial charge < -0.3 is 21.3 Å². The molecule has 6 heteroatoms. The van der Waals surface area contributed by atoms with Gasteiger partial charge in [-0.25, -0.2) is 0 Å². The molecule has 24 heavy (non-hydrogen) atoms. The van der Waals surface area contributed by atoms with Crippen LogP contribution in [0.4, 0.5) is 0 Å². The fraction of sp³-hybridized carbons (Fsp3) is 0.889. The van der Waals surface area contributed by atoms with Crippen LogP contribution < -0.4 is 21.3 Å². The highest BCUT2D eigenvalue weighted by Gasteiger charge is 2.27. The zero-order chi connectivity index (χ0) is 18.2. The average Bonchev–Trinajstić information content (AvgIpc) is 2.49. The molecular weight excluding hydrogens is 302 g/mol. The van der Waals surface area contributed by atoms with Crippen LogP contribution in [-0.4, -0.2) is 49.6 Å². The molecule has 0 spiro atoms. The van der Waals surface area contributed by atoms with Gasteiger partial charge in [0.15, 0.2) is 5.96 Å². The molecule has 1 amide bonds. The van der Waals surface area contributed by atoms with Crippen LogP contribution in [0.2, 0.25) is 0 Å². The average molecular weight is 340 g/mol. The van der Waals surface area contributed by atoms with Gasteiger partial charge in [0.2, 0.25) is 5.91 Å². The third-order valence-corrected chi connectivity index (χ3v) is 4.11. The molecule has 1 aliphatic rings. The Kier molecular flexibility index (Phi) is 8.53. The van der Waals surface area contributed by atoms with E-state index in [9.17, 15) is 4.79 Å². The van der Waals surface area contributed by atoms with Crippen molar-refractivity contribution in [2.75, 3.05) is 20.1 Å². The zero-order valence-corrected chi connectivity index (χ0v) is 16.3. The van der Waals surface area contributed by atoms with Gasteiger partial charge in [0.25, 0.3) is 0 Å². The Labute approximate surface area is 147 Å². The van der Waals surface area contributed by atoms with Crippen LogP contribution in [0.1, 0.15) is 60.3 Å². The molecule has 0 heterocycles. The fourth-order valence-corrected chi connectivity index (χ4v) is 2.97. The summed E-state index contributed by atoms with van der Waals surface area (Å²) in [6, 6.07) is 0.513. The smallest absolute Gasteiger partial charge is 0.223 e. The summed E-state index contributed by atoms with van der Waals surface area (Å²) in [6.45, 7) is 12.2. The molecule has 2 atom stereocenters. The van der Waals surface area contributed by atoms with E-state index in [1.165, 1.54) is 0 Å². The molecule has 2 unspecified atom stereocenters. The summed E-state index contributed by atoms with van der Waals surface area (Å²) < 4.78 is 0. The number of hydrogen-bond donors (Lipinski definition) is 4. The van der Waals surface area contributed by atoms with Gasteiger partial charge >= 0.3 is 0 Å². The number of guanidine groups is 1. The molecule has 0 aromatic rings. The van der Waals surface area contributed by atoms with Crippen molar-refractivity contribution in [2.45, 2.75) is 77.9 Å². The van der Waals surface area contributed by atoms with E-state index in [4.69, 9.17) is 0 Å². The number of nitrogens with zero attached hydrogens (tertiary/aromatic N) is 1. The second-order valence-electron chi connectivity index (χ2n) is 8.04. The summed E-state index contributed by atoms with van der Waals surface area (Å²) in [6.07, 6.45) is 4.03. The van der Waals surface area contributed by atoms with E-state index in [2.05, 4.69) is 47.0 Å². The van der Waals surface area contributed by atoms with Gasteiger partial charge in [0, 0.05) is 43.7 Å². The first-order valence-corrected chi connectivity index (χ1v) is 9.24. The zero-order valence-electron chi connectivity index (χ0n) is 16.3. The first-order valence-electron chi connectivity index (χ1n) is 9.24. The summed E-state index contributed by atoms with van der Waals surface area (Å²) in [5, 5.41) is 13.3. The number of hydrogen-bond acceptors (Lipinski definition) is 3. The number of aliphatic imine (C=N–C) groups is 1. The number of nitrogens with one attached hydrogen (secondary N) is 4. The Bertz CT molecular complexity index is 414. The monoisotopic (exact) mass is 339 g/mol. The van der Waals surface area contributed by atoms with Crippen molar-refractivity contribution in [3.63, 3.8) is 0 Å². The highest BCUT2D eigenvalue weighted by Crippen LogP contribution is 2.24. The molecule has 0 aromatic carbocycles. The Hall–Kier alpha value is -1.30. The number of carbonyl (C=O) groups is 1. The van der Waals surface area contributed by atoms with Crippen LogP contribution >= 0.6 is 0 Å². The van der Waals surface area contributed by atoms with Crippen molar-refractivity contribution in [3.05, 3.63) is 0 Å². The van der Waals surface area contributed by atoms with Gasteiger partial charge in [-0.15, -0.1) is 0 Å². The van der Waals surface area contributed by atoms with Crippen molar-refractivity contribution in [3.8, 4) is 0 Å². The van der Waals surface area contributed by atoms with Crippen molar-refractivity contribution in [1.29, 1.82) is 0 Å². The molecule has 0 saturated heterocycles. The Morgan fingerprint density at radius 2 is 1.92 bits per heavy atom. The third-order valence-electron chi connectivity index (χ3n) is 4.11. The summed E-state index contributed by atoms with van der Waals surface area (Å²) in [5.74, 6) is 1.12. The molecule has 1 aliphatic carbocycles. The molecule has 140 valence electrons. The second-order valence-corrected chi connectivity index (χ2v) is 8.04. The highest BCUT2D eigenvalue weighted by atomic mass is 16.1. The summed E-state index contributed by atoms with van der Waals surface area (Å²) >= 11 is 0. The summed E-state index contributed by atoms with van der Waals surface area (Å²) in [7, 11) is 1.79. The largest absolute Gasteiger partial charge is 0.355 e. The maximum Gasteiger partial charge on any atom is 0.223 e. The molecule has 0 bridgehead atoms. The lowest BCUT2D eigenvalue weighted by atomic mass is 9.85. The van der Waals surface area contributed by atoms with Crippen LogP contribution in [0.25, 0.3) is 0 Å². The first kappa shape index (κ1) is 20.7. The van der Waals surface area contributed by atoms with Crippen LogP contribution in [-0.2, 0) is 4.79 Å². The maximum absolute atomic E-state index is 12.2. The number of amides is 1. The number of carbonyl (C=O) groups excluding carboxylic acids is 1. The van der Waals surface area contributed by atoms with Crippen LogP contribution in [0, 0.1) is 5.92 Å². The van der Waals surface area contributed by atoms with Gasteiger partial charge in [0.05, 0.1) is 0 Å². The van der Waals surface area contributed by atoms with Gasteiger partial charge in [-0.1, -0.05) is 6.42 Å². The minimum Gasteiger partial charge on any atom is -0.355 e. The van der Waals surface area contributed by atoms with E-state index in [0.717, 1.165) is 44.7 Å². The molecular formula is C18H37N5O. The standard InChI is InChI=1S/C18H37N5O/c1-13(2)22-16(24)14-8-7-9-15(12-14)23-17(19-6)20-10-11-21-18(3,4)5/h13-15,21H,7-12H2,1-6H3,(H,22,24)(H2,19,20,23). The van der Waals surface area contributed by atoms with E-state index < -0.39 is 0 Å². The molecule has 1 fully saturated rings. The molecule has 1 saturated carbocycles. The van der Waals surface area contributed by atoms with Crippen molar-refractivity contribution in [2.24, 2.45) is 10.9 Å². The van der Waals surface area contributed by atoms with E-state index in [1.807, 2.05) is 13.8 Å². The number of rotatable bonds is 6. The fourth-order valence-electron chi connectivity index (χ4n) is 2.97. The Morgan fingerprint density at radius 3 is 2.50 bits per heavy atom. The Balaban J connectivity index is 2.38. The van der Waals surface area contributed by atoms with Gasteiger partial charge in [0.1, 0.15) is 0 Å². The molecule has 0 aliphatic heterocycles. The van der Waals surface area contributed by atoms with Gasteiger partial charge in [-0.2, -0.15) is 0 Å². The maximum atomic E-state index is 12.2. The Morgan fingerprint density at radius 1 is 1.21 bits per heavy atom. The van der Waals surface area contributed by atoms with Crippen molar-refractivity contribution < 1.29 is 4.79 Å². The lowest BCUT2D eigenvalue weighted by Gasteiger charge is -2.30. The normalized spacial score (nSPS) is 22.4. The molecule has 0 radical (unpaired) electrons. The predicted molar refractivity (Wildman–Crippen MR) is 101 cm³/mol.